The van der Waals surface area contributed by atoms with Crippen LogP contribution in [0.2, 0.25) is 0 Å². The molecule has 1 aromatic heterocycles. The fourth-order valence-electron chi connectivity index (χ4n) is 1.68. The molecule has 3 atom stereocenters. The smallest absolute Gasteiger partial charge is 0.351 e. The Bertz CT molecular complexity index is 441. The van der Waals surface area contributed by atoms with E-state index >= 15 is 0 Å². The zero-order valence-corrected chi connectivity index (χ0v) is 9.79. The summed E-state index contributed by atoms with van der Waals surface area (Å²) in [5.41, 5.74) is 4.65. The maximum Gasteiger partial charge on any atom is 0.351 e. The van der Waals surface area contributed by atoms with E-state index in [2.05, 4.69) is 4.98 Å². The number of rotatable bonds is 2. The van der Waals surface area contributed by atoms with Gasteiger partial charge in [-0.1, -0.05) is 0 Å². The number of nitrogens with two attached hydrogens (primary N) is 1. The Morgan fingerprint density at radius 2 is 2.33 bits per heavy atom. The third-order valence-corrected chi connectivity index (χ3v) is 2.46. The first-order valence-corrected chi connectivity index (χ1v) is 5.24. The molecule has 1 saturated heterocycles. The van der Waals surface area contributed by atoms with Crippen molar-refractivity contribution in [3.8, 4) is 0 Å². The highest BCUT2D eigenvalue weighted by atomic mass is 19.1. The monoisotopic (exact) mass is 263 g/mol. The molecule has 18 heavy (non-hydrogen) atoms. The number of nitrogens with zero attached hydrogens (tertiary/aromatic N) is 2. The van der Waals surface area contributed by atoms with Gasteiger partial charge >= 0.3 is 5.69 Å². The van der Waals surface area contributed by atoms with Gasteiger partial charge in [-0.05, 0) is 6.07 Å². The van der Waals surface area contributed by atoms with Gasteiger partial charge in [0.2, 0.25) is 0 Å². The Labute approximate surface area is 102 Å². The first-order chi connectivity index (χ1) is 8.61. The normalized spacial score (nSPS) is 26.6. The Kier molecular flexibility index (Phi) is 5.17. The quantitative estimate of drug-likeness (QED) is 0.785. The average molecular weight is 263 g/mol. The predicted octanol–water partition coefficient (Wildman–Crippen LogP) is 0.0291. The number of nitrogen functional groups attached to an aromatic ring is 1. The van der Waals surface area contributed by atoms with E-state index in [-0.39, 0.29) is 18.8 Å². The number of aromatic nitrogens is 2. The van der Waals surface area contributed by atoms with E-state index in [4.69, 9.17) is 15.6 Å². The molecule has 0 spiro atoms. The van der Waals surface area contributed by atoms with E-state index < -0.39 is 24.2 Å². The summed E-state index contributed by atoms with van der Waals surface area (Å²) in [6.45, 7) is -0.270. The first-order valence-electron chi connectivity index (χ1n) is 5.24. The molecule has 0 aromatic carbocycles. The Hall–Kier alpha value is -1.54. The van der Waals surface area contributed by atoms with Crippen LogP contribution >= 0.6 is 0 Å². The van der Waals surface area contributed by atoms with Crippen molar-refractivity contribution in [2.75, 3.05) is 19.5 Å². The highest BCUT2D eigenvalue weighted by Crippen LogP contribution is 2.29. The van der Waals surface area contributed by atoms with Crippen LogP contribution in [0.4, 0.5) is 14.6 Å². The fraction of sp³-hybridized carbons (Fsp3) is 0.600. The van der Waals surface area contributed by atoms with Gasteiger partial charge in [0.05, 0.1) is 19.9 Å². The predicted molar refractivity (Wildman–Crippen MR) is 60.5 cm³/mol. The van der Waals surface area contributed by atoms with Gasteiger partial charge in [0.1, 0.15) is 12.0 Å². The van der Waals surface area contributed by atoms with Gasteiger partial charge in [0.25, 0.3) is 0 Å². The Morgan fingerprint density at radius 1 is 1.67 bits per heavy atom. The lowest BCUT2D eigenvalue weighted by atomic mass is 10.2. The minimum Gasteiger partial charge on any atom is -0.394 e. The summed E-state index contributed by atoms with van der Waals surface area (Å²) in [6.07, 6.45) is -1.54. The third-order valence-electron chi connectivity index (χ3n) is 2.46. The average Bonchev–Trinajstić information content (AvgIpc) is 2.73. The topological polar surface area (TPSA) is 90.4 Å². The summed E-state index contributed by atoms with van der Waals surface area (Å²) in [5.74, 6) is 0.0772. The van der Waals surface area contributed by atoms with Crippen molar-refractivity contribution < 1.29 is 18.6 Å². The standard InChI is InChI=1S/C9H12FN3O3.CH3F/c10-6-3-5(4-14)16-8(6)13-2-1-7(11)12-9(13)15;1-2/h1-2,5-6,8,14H,3-4H2,(H2,11,12,15);1H3/t5?,6-,8?;/m0./s1. The van der Waals surface area contributed by atoms with Gasteiger partial charge in [0, 0.05) is 12.6 Å². The molecule has 0 saturated carbocycles. The maximum atomic E-state index is 13.5. The molecule has 1 fully saturated rings. The second kappa shape index (κ2) is 6.41. The van der Waals surface area contributed by atoms with Crippen LogP contribution in [0, 0.1) is 0 Å². The molecule has 2 heterocycles. The van der Waals surface area contributed by atoms with Crippen molar-refractivity contribution in [2.45, 2.75) is 24.9 Å². The van der Waals surface area contributed by atoms with E-state index in [1.54, 1.807) is 0 Å². The summed E-state index contributed by atoms with van der Waals surface area (Å²) in [5, 5.41) is 8.85. The molecule has 0 aliphatic carbocycles. The van der Waals surface area contributed by atoms with Crippen molar-refractivity contribution in [1.82, 2.24) is 9.55 Å². The molecule has 102 valence electrons. The lowest BCUT2D eigenvalue weighted by Crippen LogP contribution is -2.30. The van der Waals surface area contributed by atoms with E-state index in [1.165, 1.54) is 12.3 Å². The zero-order valence-electron chi connectivity index (χ0n) is 9.79. The number of aliphatic hydroxyl groups is 1. The number of ether oxygens (including phenoxy) is 1. The maximum absolute atomic E-state index is 13.5. The number of hydrogen-bond donors (Lipinski definition) is 2. The van der Waals surface area contributed by atoms with Crippen molar-refractivity contribution in [2.24, 2.45) is 0 Å². The molecule has 0 bridgehead atoms. The van der Waals surface area contributed by atoms with Gasteiger partial charge in [0.15, 0.2) is 6.23 Å². The van der Waals surface area contributed by atoms with Crippen molar-refractivity contribution in [3.63, 3.8) is 0 Å². The van der Waals surface area contributed by atoms with Gasteiger partial charge < -0.3 is 15.6 Å². The molecule has 3 N–H and O–H groups in total. The van der Waals surface area contributed by atoms with Crippen LogP contribution in [0.1, 0.15) is 12.6 Å². The molecule has 2 unspecified atom stereocenters. The summed E-state index contributed by atoms with van der Waals surface area (Å²) >= 11 is 0. The van der Waals surface area contributed by atoms with E-state index in [0.717, 1.165) is 4.57 Å². The highest BCUT2D eigenvalue weighted by molar-refractivity contribution is 5.23. The molecule has 2 rings (SSSR count). The van der Waals surface area contributed by atoms with Crippen molar-refractivity contribution >= 4 is 5.82 Å². The van der Waals surface area contributed by atoms with Gasteiger partial charge in [-0.15, -0.1) is 0 Å². The van der Waals surface area contributed by atoms with E-state index in [1.807, 2.05) is 0 Å². The highest BCUT2D eigenvalue weighted by Gasteiger charge is 2.36. The minimum absolute atomic E-state index is 0.0674. The van der Waals surface area contributed by atoms with Crippen LogP contribution < -0.4 is 11.4 Å². The lowest BCUT2D eigenvalue weighted by molar-refractivity contribution is -0.0393. The van der Waals surface area contributed by atoms with E-state index in [9.17, 15) is 13.6 Å². The molecule has 1 aliphatic rings. The summed E-state index contributed by atoms with van der Waals surface area (Å²) in [4.78, 5) is 14.9. The third kappa shape index (κ3) is 3.02. The number of aliphatic hydroxyl groups excluding tert-OH is 1. The first kappa shape index (κ1) is 14.5. The molecule has 0 radical (unpaired) electrons. The Morgan fingerprint density at radius 3 is 2.83 bits per heavy atom. The van der Waals surface area contributed by atoms with Crippen LogP contribution in [-0.4, -0.2) is 40.7 Å². The number of alkyl halides is 2. The lowest BCUT2D eigenvalue weighted by Gasteiger charge is -2.15. The molecular formula is C10H15F2N3O3. The van der Waals surface area contributed by atoms with Gasteiger partial charge in [-0.2, -0.15) is 4.98 Å². The summed E-state index contributed by atoms with van der Waals surface area (Å²) < 4.78 is 29.3. The van der Waals surface area contributed by atoms with Crippen LogP contribution in [0.25, 0.3) is 0 Å². The zero-order chi connectivity index (χ0) is 13.7. The van der Waals surface area contributed by atoms with Crippen LogP contribution in [0.3, 0.4) is 0 Å². The van der Waals surface area contributed by atoms with Crippen LogP contribution in [0.5, 0.6) is 0 Å². The van der Waals surface area contributed by atoms with Crippen molar-refractivity contribution in [1.29, 1.82) is 0 Å². The molecule has 8 heteroatoms. The molecular weight excluding hydrogens is 248 g/mol. The van der Waals surface area contributed by atoms with Crippen LogP contribution in [-0.2, 0) is 4.74 Å². The van der Waals surface area contributed by atoms with E-state index in [0.29, 0.717) is 7.18 Å². The molecule has 6 nitrogen and oxygen atoms in total. The van der Waals surface area contributed by atoms with Gasteiger partial charge in [-0.3, -0.25) is 8.96 Å². The second-order valence-electron chi connectivity index (χ2n) is 3.63. The number of hydrogen-bond acceptors (Lipinski definition) is 5. The SMILES string of the molecule is CF.Nc1ccn(C2OC(CO)C[C@@H]2F)c(=O)n1. The van der Waals surface area contributed by atoms with Crippen LogP contribution in [0.15, 0.2) is 17.1 Å². The molecule has 1 aliphatic heterocycles. The summed E-state index contributed by atoms with van der Waals surface area (Å²) in [7, 11) is 0.500. The fourth-order valence-corrected chi connectivity index (χ4v) is 1.68. The summed E-state index contributed by atoms with van der Waals surface area (Å²) in [6, 6.07) is 1.39. The van der Waals surface area contributed by atoms with Gasteiger partial charge in [-0.25, -0.2) is 9.18 Å². The second-order valence-corrected chi connectivity index (χ2v) is 3.63. The molecule has 0 amide bonds. The number of halogens is 2. The molecule has 1 aromatic rings. The number of anilines is 1. The minimum atomic E-state index is -1.33. The largest absolute Gasteiger partial charge is 0.394 e. The van der Waals surface area contributed by atoms with Crippen molar-refractivity contribution in [3.05, 3.63) is 22.7 Å². The Balaban J connectivity index is 0.000000771.